The van der Waals surface area contributed by atoms with Crippen LogP contribution in [0, 0.1) is 0 Å². The minimum absolute atomic E-state index is 0. The number of ether oxygens (including phenoxy) is 2. The Morgan fingerprint density at radius 2 is 1.88 bits per heavy atom. The van der Waals surface area contributed by atoms with Crippen molar-refractivity contribution in [2.24, 2.45) is 0 Å². The Morgan fingerprint density at radius 3 is 2.64 bits per heavy atom. The number of para-hydroxylation sites is 1. The van der Waals surface area contributed by atoms with Gasteiger partial charge in [-0.25, -0.2) is 4.79 Å². The molecule has 0 radical (unpaired) electrons. The van der Waals surface area contributed by atoms with E-state index in [0.29, 0.717) is 6.54 Å². The number of H-pyrrole nitrogens is 1. The summed E-state index contributed by atoms with van der Waals surface area (Å²) in [4.78, 5) is 15.0. The first-order valence-electron chi connectivity index (χ1n) is 7.85. The van der Waals surface area contributed by atoms with Crippen LogP contribution in [0.4, 0.5) is 4.79 Å². The van der Waals surface area contributed by atoms with Gasteiger partial charge >= 0.3 is 6.09 Å². The molecule has 0 aliphatic heterocycles. The van der Waals surface area contributed by atoms with Crippen LogP contribution < -0.4 is 10.1 Å². The maximum atomic E-state index is 11.8. The van der Waals surface area contributed by atoms with Crippen LogP contribution >= 0.6 is 12.4 Å². The lowest BCUT2D eigenvalue weighted by Gasteiger charge is -2.07. The number of hydrogen-bond acceptors (Lipinski definition) is 3. The average Bonchev–Trinajstić information content (AvgIpc) is 3.04. The summed E-state index contributed by atoms with van der Waals surface area (Å²) in [5, 5.41) is 3.96. The van der Waals surface area contributed by atoms with Crippen LogP contribution in [0.5, 0.6) is 5.75 Å². The second-order valence-corrected chi connectivity index (χ2v) is 5.46. The quantitative estimate of drug-likeness (QED) is 0.696. The summed E-state index contributed by atoms with van der Waals surface area (Å²) in [5.74, 6) is 0.780. The molecule has 0 fully saturated rings. The topological polar surface area (TPSA) is 63.4 Å². The number of benzene rings is 2. The van der Waals surface area contributed by atoms with Gasteiger partial charge in [-0.2, -0.15) is 0 Å². The second-order valence-electron chi connectivity index (χ2n) is 5.46. The lowest BCUT2D eigenvalue weighted by atomic mass is 10.1. The summed E-state index contributed by atoms with van der Waals surface area (Å²) in [6, 6.07) is 15.5. The number of nitrogens with one attached hydrogen (secondary N) is 2. The largest absolute Gasteiger partial charge is 0.497 e. The van der Waals surface area contributed by atoms with Crippen molar-refractivity contribution in [1.82, 2.24) is 10.3 Å². The first kappa shape index (κ1) is 18.7. The van der Waals surface area contributed by atoms with E-state index in [4.69, 9.17) is 9.47 Å². The Bertz CT molecular complexity index is 815. The third-order valence-electron chi connectivity index (χ3n) is 3.87. The number of carbonyl (C=O) groups excluding carboxylic acids is 1. The van der Waals surface area contributed by atoms with Crippen molar-refractivity contribution < 1.29 is 14.3 Å². The van der Waals surface area contributed by atoms with E-state index in [1.54, 1.807) is 7.11 Å². The molecule has 0 unspecified atom stereocenters. The first-order chi connectivity index (χ1) is 11.8. The van der Waals surface area contributed by atoms with Crippen molar-refractivity contribution in [2.45, 2.75) is 13.0 Å². The van der Waals surface area contributed by atoms with Crippen LogP contribution in [0.15, 0.2) is 54.7 Å². The molecule has 0 bridgehead atoms. The van der Waals surface area contributed by atoms with Gasteiger partial charge < -0.3 is 19.8 Å². The van der Waals surface area contributed by atoms with E-state index in [9.17, 15) is 4.79 Å². The number of hydrogen-bond donors (Lipinski definition) is 2. The van der Waals surface area contributed by atoms with Crippen LogP contribution in [0.1, 0.15) is 11.1 Å². The highest BCUT2D eigenvalue weighted by molar-refractivity contribution is 5.85. The Kier molecular flexibility index (Phi) is 6.71. The number of methoxy groups -OCH3 is 1. The molecule has 1 heterocycles. The average molecular weight is 361 g/mol. The minimum Gasteiger partial charge on any atom is -0.497 e. The molecule has 2 N–H and O–H groups in total. The van der Waals surface area contributed by atoms with Crippen LogP contribution in [0.25, 0.3) is 10.9 Å². The molecule has 0 aliphatic rings. The number of fused-ring (bicyclic) bond motifs is 1. The highest BCUT2D eigenvalue weighted by Crippen LogP contribution is 2.17. The number of carbonyl (C=O) groups is 1. The van der Waals surface area contributed by atoms with Gasteiger partial charge in [0, 0.05) is 23.6 Å². The van der Waals surface area contributed by atoms with Gasteiger partial charge in [-0.3, -0.25) is 0 Å². The molecule has 0 spiro atoms. The third-order valence-corrected chi connectivity index (χ3v) is 3.87. The van der Waals surface area contributed by atoms with Crippen molar-refractivity contribution in [3.05, 3.63) is 65.9 Å². The fraction of sp³-hybridized carbons (Fsp3) is 0.211. The number of aromatic amines is 1. The van der Waals surface area contributed by atoms with Gasteiger partial charge in [0.2, 0.25) is 0 Å². The molecular weight excluding hydrogens is 340 g/mol. The summed E-state index contributed by atoms with van der Waals surface area (Å²) >= 11 is 0. The molecule has 2 aromatic carbocycles. The summed E-state index contributed by atoms with van der Waals surface area (Å²) in [6.45, 7) is 0.770. The van der Waals surface area contributed by atoms with Crippen LogP contribution in [0.2, 0.25) is 0 Å². The predicted molar refractivity (Wildman–Crippen MR) is 100 cm³/mol. The SMILES string of the molecule is COc1ccc(COC(=O)NCCc2c[nH]c3ccccc23)cc1.Cl. The highest BCUT2D eigenvalue weighted by atomic mass is 35.5. The molecule has 1 aromatic heterocycles. The van der Waals surface area contributed by atoms with Gasteiger partial charge in [0.25, 0.3) is 0 Å². The number of rotatable bonds is 6. The molecule has 0 atom stereocenters. The van der Waals surface area contributed by atoms with Gasteiger partial charge in [-0.15, -0.1) is 12.4 Å². The summed E-state index contributed by atoms with van der Waals surface area (Å²) in [5.41, 5.74) is 3.21. The number of halogens is 1. The Hall–Kier alpha value is -2.66. The standard InChI is InChI=1S/C19H20N2O3.ClH/c1-23-16-8-6-14(7-9-16)13-24-19(22)20-11-10-15-12-21-18-5-3-2-4-17(15)18;/h2-9,12,21H,10-11,13H2,1H3,(H,20,22);1H. The number of amides is 1. The van der Waals surface area contributed by atoms with Gasteiger partial charge in [0.05, 0.1) is 7.11 Å². The molecule has 1 amide bonds. The smallest absolute Gasteiger partial charge is 0.407 e. The zero-order valence-electron chi connectivity index (χ0n) is 14.0. The predicted octanol–water partition coefficient (Wildman–Crippen LogP) is 4.07. The zero-order valence-corrected chi connectivity index (χ0v) is 14.8. The maximum Gasteiger partial charge on any atom is 0.407 e. The van der Waals surface area contributed by atoms with Crippen LogP contribution in [0.3, 0.4) is 0 Å². The lowest BCUT2D eigenvalue weighted by Crippen LogP contribution is -2.26. The monoisotopic (exact) mass is 360 g/mol. The summed E-state index contributed by atoms with van der Waals surface area (Å²) < 4.78 is 10.3. The molecule has 0 aliphatic carbocycles. The van der Waals surface area contributed by atoms with E-state index >= 15 is 0 Å². The molecule has 25 heavy (non-hydrogen) atoms. The van der Waals surface area contributed by atoms with Gasteiger partial charge in [-0.05, 0) is 35.7 Å². The van der Waals surface area contributed by atoms with E-state index in [1.807, 2.05) is 48.7 Å². The minimum atomic E-state index is -0.411. The number of aromatic nitrogens is 1. The van der Waals surface area contributed by atoms with Crippen molar-refractivity contribution in [2.75, 3.05) is 13.7 Å². The van der Waals surface area contributed by atoms with Gasteiger partial charge in [0.1, 0.15) is 12.4 Å². The van der Waals surface area contributed by atoms with Gasteiger partial charge in [0.15, 0.2) is 0 Å². The first-order valence-corrected chi connectivity index (χ1v) is 7.85. The van der Waals surface area contributed by atoms with Crippen molar-refractivity contribution >= 4 is 29.4 Å². The van der Waals surface area contributed by atoms with Gasteiger partial charge in [-0.1, -0.05) is 30.3 Å². The normalized spacial score (nSPS) is 10.1. The van der Waals surface area contributed by atoms with E-state index in [2.05, 4.69) is 16.4 Å². The Morgan fingerprint density at radius 1 is 1.12 bits per heavy atom. The van der Waals surface area contributed by atoms with Crippen molar-refractivity contribution in [3.63, 3.8) is 0 Å². The fourth-order valence-corrected chi connectivity index (χ4v) is 2.56. The molecule has 3 rings (SSSR count). The molecule has 6 heteroatoms. The van der Waals surface area contributed by atoms with E-state index in [1.165, 1.54) is 10.9 Å². The molecule has 132 valence electrons. The summed E-state index contributed by atoms with van der Waals surface area (Å²) in [7, 11) is 1.62. The van der Waals surface area contributed by atoms with E-state index in [-0.39, 0.29) is 19.0 Å². The Balaban J connectivity index is 0.00000225. The fourth-order valence-electron chi connectivity index (χ4n) is 2.56. The second kappa shape index (κ2) is 8.99. The molecule has 5 nitrogen and oxygen atoms in total. The van der Waals surface area contributed by atoms with E-state index in [0.717, 1.165) is 23.3 Å². The van der Waals surface area contributed by atoms with Crippen molar-refractivity contribution in [1.29, 1.82) is 0 Å². The maximum absolute atomic E-state index is 11.8. The van der Waals surface area contributed by atoms with Crippen LogP contribution in [-0.4, -0.2) is 24.7 Å². The lowest BCUT2D eigenvalue weighted by molar-refractivity contribution is 0.140. The molecular formula is C19H21ClN2O3. The summed E-state index contributed by atoms with van der Waals surface area (Å²) in [6.07, 6.45) is 2.32. The van der Waals surface area contributed by atoms with Crippen LogP contribution in [-0.2, 0) is 17.8 Å². The number of alkyl carbamates (subject to hydrolysis) is 1. The molecule has 0 saturated carbocycles. The Labute approximate surface area is 152 Å². The third kappa shape index (κ3) is 4.90. The van der Waals surface area contributed by atoms with Crippen molar-refractivity contribution in [3.8, 4) is 5.75 Å². The highest BCUT2D eigenvalue weighted by Gasteiger charge is 2.05. The van der Waals surface area contributed by atoms with E-state index < -0.39 is 6.09 Å². The molecule has 3 aromatic rings. The zero-order chi connectivity index (χ0) is 16.8. The molecule has 0 saturated heterocycles.